The van der Waals surface area contributed by atoms with Crippen LogP contribution >= 0.6 is 0 Å². The summed E-state index contributed by atoms with van der Waals surface area (Å²) in [7, 11) is 1.54. The summed E-state index contributed by atoms with van der Waals surface area (Å²) in [4.78, 5) is 30.2. The van der Waals surface area contributed by atoms with Gasteiger partial charge in [0.05, 0.1) is 18.7 Å². The molecular weight excluding hydrogens is 428 g/mol. The van der Waals surface area contributed by atoms with E-state index in [1.165, 1.54) is 0 Å². The number of ketones is 1. The molecule has 1 aliphatic rings. The molecule has 1 amide bonds. The van der Waals surface area contributed by atoms with Crippen LogP contribution in [0.15, 0.2) is 54.1 Å². The fraction of sp³-hybridized carbons (Fsp3) is 0.429. The van der Waals surface area contributed by atoms with E-state index in [9.17, 15) is 14.7 Å². The van der Waals surface area contributed by atoms with Gasteiger partial charge in [-0.3, -0.25) is 9.59 Å². The van der Waals surface area contributed by atoms with E-state index in [2.05, 4.69) is 39.5 Å². The Labute approximate surface area is 202 Å². The van der Waals surface area contributed by atoms with Gasteiger partial charge in [-0.25, -0.2) is 0 Å². The lowest BCUT2D eigenvalue weighted by Crippen LogP contribution is -2.38. The minimum Gasteiger partial charge on any atom is -0.507 e. The molecule has 2 aromatic carbocycles. The van der Waals surface area contributed by atoms with Gasteiger partial charge in [0.1, 0.15) is 11.5 Å². The van der Waals surface area contributed by atoms with Crippen LogP contribution in [0.3, 0.4) is 0 Å². The minimum atomic E-state index is -0.662. The topological polar surface area (TPSA) is 70.1 Å². The first-order valence-electron chi connectivity index (χ1n) is 11.9. The van der Waals surface area contributed by atoms with Crippen LogP contribution in [0.2, 0.25) is 0 Å². The number of amides is 1. The second kappa shape index (κ2) is 10.4. The van der Waals surface area contributed by atoms with Crippen LogP contribution in [0, 0.1) is 0 Å². The first-order chi connectivity index (χ1) is 16.1. The summed E-state index contributed by atoms with van der Waals surface area (Å²) in [6, 6.07) is 14.2. The molecular formula is C28H36N2O4. The lowest BCUT2D eigenvalue weighted by atomic mass is 9.85. The average molecular weight is 465 g/mol. The summed E-state index contributed by atoms with van der Waals surface area (Å²) in [5.41, 5.74) is 2.49. The Hall–Kier alpha value is -3.12. The molecule has 0 aliphatic carbocycles. The van der Waals surface area contributed by atoms with Gasteiger partial charge < -0.3 is 19.6 Å². The molecule has 2 aromatic rings. The van der Waals surface area contributed by atoms with Crippen molar-refractivity contribution in [3.05, 3.63) is 70.8 Å². The molecule has 1 fully saturated rings. The maximum atomic E-state index is 13.2. The predicted octanol–water partition coefficient (Wildman–Crippen LogP) is 4.76. The van der Waals surface area contributed by atoms with E-state index in [1.54, 1.807) is 36.3 Å². The Kier molecular flexibility index (Phi) is 7.82. The molecule has 6 heteroatoms. The zero-order valence-corrected chi connectivity index (χ0v) is 21.1. The molecule has 6 nitrogen and oxygen atoms in total. The molecule has 1 saturated heterocycles. The Morgan fingerprint density at radius 3 is 2.26 bits per heavy atom. The van der Waals surface area contributed by atoms with Crippen LogP contribution in [-0.4, -0.2) is 59.9 Å². The monoisotopic (exact) mass is 464 g/mol. The van der Waals surface area contributed by atoms with Gasteiger partial charge in [-0.05, 0) is 41.8 Å². The molecule has 3 rings (SSSR count). The number of hydrogen-bond acceptors (Lipinski definition) is 5. The van der Waals surface area contributed by atoms with Crippen LogP contribution in [0.25, 0.3) is 5.76 Å². The maximum Gasteiger partial charge on any atom is 0.295 e. The smallest absolute Gasteiger partial charge is 0.295 e. The van der Waals surface area contributed by atoms with Crippen molar-refractivity contribution >= 4 is 17.4 Å². The molecule has 0 aromatic heterocycles. The van der Waals surface area contributed by atoms with Crippen molar-refractivity contribution in [2.24, 2.45) is 0 Å². The molecule has 0 bridgehead atoms. The van der Waals surface area contributed by atoms with Gasteiger partial charge in [0.25, 0.3) is 11.7 Å². The van der Waals surface area contributed by atoms with Gasteiger partial charge in [-0.1, -0.05) is 71.0 Å². The molecule has 0 saturated carbocycles. The fourth-order valence-corrected chi connectivity index (χ4v) is 4.34. The standard InChI is InChI=1S/C28H36N2O4/c1-7-29(8-2)16-17-30-24(19-12-14-21(15-13-19)28(3,4)5)23(26(32)27(30)33)25(31)20-10-9-11-22(18-20)34-6/h9-15,18,24,31H,7-8,16-17H2,1-6H3. The zero-order chi connectivity index (χ0) is 25.0. The van der Waals surface area contributed by atoms with Gasteiger partial charge in [0, 0.05) is 18.7 Å². The third kappa shape index (κ3) is 5.17. The van der Waals surface area contributed by atoms with E-state index in [0.717, 1.165) is 24.2 Å². The lowest BCUT2D eigenvalue weighted by molar-refractivity contribution is -0.140. The van der Waals surface area contributed by atoms with Crippen molar-refractivity contribution in [1.29, 1.82) is 0 Å². The zero-order valence-electron chi connectivity index (χ0n) is 21.1. The Morgan fingerprint density at radius 2 is 1.71 bits per heavy atom. The van der Waals surface area contributed by atoms with Gasteiger partial charge in [-0.15, -0.1) is 0 Å². The number of benzene rings is 2. The van der Waals surface area contributed by atoms with Crippen LogP contribution in [-0.2, 0) is 15.0 Å². The van der Waals surface area contributed by atoms with E-state index < -0.39 is 17.7 Å². The first-order valence-corrected chi connectivity index (χ1v) is 11.9. The molecule has 1 N–H and O–H groups in total. The first kappa shape index (κ1) is 25.5. The SMILES string of the molecule is CCN(CC)CCN1C(=O)C(=O)C(=C(O)c2cccc(OC)c2)C1c1ccc(C(C)(C)C)cc1. The van der Waals surface area contributed by atoms with Crippen LogP contribution in [0.4, 0.5) is 0 Å². The summed E-state index contributed by atoms with van der Waals surface area (Å²) < 4.78 is 5.28. The number of carbonyl (C=O) groups excluding carboxylic acids is 2. The molecule has 1 atom stereocenters. The van der Waals surface area contributed by atoms with Gasteiger partial charge in [0.15, 0.2) is 0 Å². The van der Waals surface area contributed by atoms with Gasteiger partial charge >= 0.3 is 0 Å². The summed E-state index contributed by atoms with van der Waals surface area (Å²) in [5, 5.41) is 11.2. The second-order valence-corrected chi connectivity index (χ2v) is 9.62. The second-order valence-electron chi connectivity index (χ2n) is 9.62. The van der Waals surface area contributed by atoms with E-state index in [1.807, 2.05) is 24.3 Å². The molecule has 182 valence electrons. The number of rotatable bonds is 8. The van der Waals surface area contributed by atoms with E-state index >= 15 is 0 Å². The largest absolute Gasteiger partial charge is 0.507 e. The number of aliphatic hydroxyl groups excluding tert-OH is 1. The van der Waals surface area contributed by atoms with Crippen molar-refractivity contribution in [1.82, 2.24) is 9.80 Å². The minimum absolute atomic E-state index is 0.0241. The number of ether oxygens (including phenoxy) is 1. The molecule has 0 spiro atoms. The summed E-state index contributed by atoms with van der Waals surface area (Å²) in [6.45, 7) is 13.3. The Bertz CT molecular complexity index is 1060. The van der Waals surface area contributed by atoms with Crippen LogP contribution in [0.1, 0.15) is 57.4 Å². The summed E-state index contributed by atoms with van der Waals surface area (Å²) in [6.07, 6.45) is 0. The van der Waals surface area contributed by atoms with Crippen molar-refractivity contribution in [2.75, 3.05) is 33.3 Å². The highest BCUT2D eigenvalue weighted by Crippen LogP contribution is 2.40. The molecule has 34 heavy (non-hydrogen) atoms. The van der Waals surface area contributed by atoms with Crippen LogP contribution in [0.5, 0.6) is 5.75 Å². The maximum absolute atomic E-state index is 13.2. The predicted molar refractivity (Wildman–Crippen MR) is 135 cm³/mol. The summed E-state index contributed by atoms with van der Waals surface area (Å²) in [5.74, 6) is -0.871. The van der Waals surface area contributed by atoms with E-state index in [-0.39, 0.29) is 16.7 Å². The van der Waals surface area contributed by atoms with E-state index in [0.29, 0.717) is 24.4 Å². The van der Waals surface area contributed by atoms with Gasteiger partial charge in [-0.2, -0.15) is 0 Å². The molecule has 1 unspecified atom stereocenters. The number of likely N-dealkylation sites (tertiary alicyclic amines) is 1. The third-order valence-corrected chi connectivity index (χ3v) is 6.53. The summed E-state index contributed by atoms with van der Waals surface area (Å²) >= 11 is 0. The van der Waals surface area contributed by atoms with Gasteiger partial charge in [0.2, 0.25) is 0 Å². The number of methoxy groups -OCH3 is 1. The number of hydrogen-bond donors (Lipinski definition) is 1. The number of aliphatic hydroxyl groups is 1. The number of likely N-dealkylation sites (N-methyl/N-ethyl adjacent to an activating group) is 1. The molecule has 1 heterocycles. The quantitative estimate of drug-likeness (QED) is 0.347. The van der Waals surface area contributed by atoms with Crippen molar-refractivity contribution < 1.29 is 19.4 Å². The highest BCUT2D eigenvalue weighted by Gasteiger charge is 2.46. The number of nitrogens with zero attached hydrogens (tertiary/aromatic N) is 2. The third-order valence-electron chi connectivity index (χ3n) is 6.53. The fourth-order valence-electron chi connectivity index (χ4n) is 4.34. The highest BCUT2D eigenvalue weighted by atomic mass is 16.5. The molecule has 1 aliphatic heterocycles. The van der Waals surface area contributed by atoms with Crippen molar-refractivity contribution in [2.45, 2.75) is 46.1 Å². The lowest BCUT2D eigenvalue weighted by Gasteiger charge is -2.28. The average Bonchev–Trinajstić information content (AvgIpc) is 3.08. The number of Topliss-reactive ketones (excluding diaryl/α,β-unsaturated/α-hetero) is 1. The number of carbonyl (C=O) groups is 2. The normalized spacial score (nSPS) is 18.1. The van der Waals surface area contributed by atoms with E-state index in [4.69, 9.17) is 4.74 Å². The Morgan fingerprint density at radius 1 is 1.06 bits per heavy atom. The van der Waals surface area contributed by atoms with Crippen molar-refractivity contribution in [3.8, 4) is 5.75 Å². The highest BCUT2D eigenvalue weighted by molar-refractivity contribution is 6.46. The Balaban J connectivity index is 2.12. The van der Waals surface area contributed by atoms with Crippen LogP contribution < -0.4 is 4.74 Å². The van der Waals surface area contributed by atoms with Crippen molar-refractivity contribution in [3.63, 3.8) is 0 Å². The molecule has 0 radical (unpaired) electrons.